The van der Waals surface area contributed by atoms with Gasteiger partial charge in [0, 0.05) is 43.8 Å². The van der Waals surface area contributed by atoms with Gasteiger partial charge in [0.15, 0.2) is 17.3 Å². The number of aromatic nitrogens is 8. The van der Waals surface area contributed by atoms with Gasteiger partial charge in [0.2, 0.25) is 11.7 Å². The Balaban J connectivity index is 1.29. The number of hydrogen-bond donors (Lipinski definition) is 2. The smallest absolute Gasteiger partial charge is 0.416 e. The van der Waals surface area contributed by atoms with Gasteiger partial charge in [-0.2, -0.15) is 36.6 Å². The largest absolute Gasteiger partial charge is 0.504 e. The lowest BCUT2D eigenvalue weighted by atomic mass is 10.1. The molecule has 2 N–H and O–H groups in total. The summed E-state index contributed by atoms with van der Waals surface area (Å²) < 4.78 is 84.5. The Bertz CT molecular complexity index is 2600. The van der Waals surface area contributed by atoms with Gasteiger partial charge in [0.05, 0.1) is 38.7 Å². The van der Waals surface area contributed by atoms with Crippen LogP contribution in [0.4, 0.5) is 37.7 Å². The van der Waals surface area contributed by atoms with Crippen molar-refractivity contribution in [3.05, 3.63) is 86.7 Å². The third-order valence-electron chi connectivity index (χ3n) is 9.18. The summed E-state index contributed by atoms with van der Waals surface area (Å²) in [7, 11) is 0. The van der Waals surface area contributed by atoms with Gasteiger partial charge < -0.3 is 24.8 Å². The minimum atomic E-state index is -4.69. The van der Waals surface area contributed by atoms with Gasteiger partial charge in [0.1, 0.15) is 24.4 Å². The first kappa shape index (κ1) is 38.0. The molecular weight excluding hydrogens is 776 g/mol. The van der Waals surface area contributed by atoms with E-state index in [-0.39, 0.29) is 94.9 Å². The lowest BCUT2D eigenvalue weighted by Gasteiger charge is -2.36. The summed E-state index contributed by atoms with van der Waals surface area (Å²) in [5, 5.41) is 20.5. The van der Waals surface area contributed by atoms with Crippen LogP contribution in [-0.2, 0) is 23.9 Å². The van der Waals surface area contributed by atoms with Gasteiger partial charge in [0.25, 0.3) is 11.5 Å². The molecular formula is C34H28ClF6N11O4. The van der Waals surface area contributed by atoms with E-state index in [1.54, 1.807) is 11.8 Å². The highest BCUT2D eigenvalue weighted by Crippen LogP contribution is 2.34. The van der Waals surface area contributed by atoms with Gasteiger partial charge in [-0.1, -0.05) is 18.5 Å². The van der Waals surface area contributed by atoms with Crippen LogP contribution in [0.2, 0.25) is 5.02 Å². The van der Waals surface area contributed by atoms with Crippen molar-refractivity contribution in [2.75, 3.05) is 36.4 Å². The quantitative estimate of drug-likeness (QED) is 0.198. The predicted octanol–water partition coefficient (Wildman–Crippen LogP) is 5.08. The molecule has 0 spiro atoms. The zero-order valence-electron chi connectivity index (χ0n) is 29.2. The second kappa shape index (κ2) is 14.4. The highest BCUT2D eigenvalue weighted by molar-refractivity contribution is 6.33. The number of rotatable bonds is 8. The first-order valence-corrected chi connectivity index (χ1v) is 17.1. The first-order valence-electron chi connectivity index (χ1n) is 16.8. The molecule has 1 saturated heterocycles. The standard InChI is InChI=1S/C34H28ClF6N11O4/c1-3-24-27(48-6-8-49(9-7-48)30(55)26-28(54)16(2)42-15-43-26)31(56)52-33(50(24)14-25(53)44-22-5-4-18(11-20(22)35)34(39,40)41)45-29(47-52)19-10-17-13-51(32(37)38)46-23(17)12-21(19)36/h4-5,10-13,15,32,54H,3,6-9,14H2,1-2H3,(H,44,53). The molecule has 2 amide bonds. The minimum Gasteiger partial charge on any atom is -0.504 e. The normalized spacial score (nSPS) is 13.7. The second-order valence-corrected chi connectivity index (χ2v) is 13.0. The van der Waals surface area contributed by atoms with E-state index in [4.69, 9.17) is 11.6 Å². The van der Waals surface area contributed by atoms with Crippen LogP contribution in [0.3, 0.4) is 0 Å². The number of carbonyl (C=O) groups is 2. The molecule has 56 heavy (non-hydrogen) atoms. The van der Waals surface area contributed by atoms with Crippen LogP contribution < -0.4 is 15.8 Å². The maximum Gasteiger partial charge on any atom is 0.416 e. The molecule has 292 valence electrons. The SMILES string of the molecule is CCc1c(N2CCN(C(=O)c3ncnc(C)c3O)CC2)c(=O)n2nc(-c3cc4cn(C(F)F)nc4cc3F)nc2n1CC(=O)Nc1ccc(C(F)(F)F)cc1Cl. The molecule has 7 rings (SSSR count). The molecule has 4 aromatic heterocycles. The summed E-state index contributed by atoms with van der Waals surface area (Å²) >= 11 is 6.09. The topological polar surface area (TPSA) is 169 Å². The molecule has 0 aliphatic carbocycles. The van der Waals surface area contributed by atoms with Crippen LogP contribution in [0, 0.1) is 12.7 Å². The maximum atomic E-state index is 15.5. The molecule has 15 nitrogen and oxygen atoms in total. The fourth-order valence-corrected chi connectivity index (χ4v) is 6.64. The van der Waals surface area contributed by atoms with Crippen LogP contribution in [0.25, 0.3) is 28.1 Å². The van der Waals surface area contributed by atoms with Gasteiger partial charge in [-0.05, 0) is 37.6 Å². The van der Waals surface area contributed by atoms with Gasteiger partial charge in [-0.3, -0.25) is 14.4 Å². The van der Waals surface area contributed by atoms with Crippen molar-refractivity contribution in [3.8, 4) is 17.1 Å². The Morgan fingerprint density at radius 3 is 2.45 bits per heavy atom. The van der Waals surface area contributed by atoms with E-state index >= 15 is 4.39 Å². The lowest BCUT2D eigenvalue weighted by molar-refractivity contribution is -0.137. The summed E-state index contributed by atoms with van der Waals surface area (Å²) in [5.41, 5.74) is -1.86. The van der Waals surface area contributed by atoms with Crippen molar-refractivity contribution >= 4 is 51.5 Å². The molecule has 1 aliphatic rings. The number of fused-ring (bicyclic) bond motifs is 2. The number of amides is 2. The zero-order valence-corrected chi connectivity index (χ0v) is 29.9. The summed E-state index contributed by atoms with van der Waals surface area (Å²) in [5.74, 6) is -3.20. The summed E-state index contributed by atoms with van der Waals surface area (Å²) in [6.07, 6.45) is -2.41. The Morgan fingerprint density at radius 1 is 1.05 bits per heavy atom. The van der Waals surface area contributed by atoms with Crippen molar-refractivity contribution in [2.45, 2.75) is 39.5 Å². The van der Waals surface area contributed by atoms with Crippen molar-refractivity contribution in [3.63, 3.8) is 0 Å². The van der Waals surface area contributed by atoms with E-state index in [2.05, 4.69) is 30.5 Å². The Hall–Kier alpha value is -6.25. The Labute approximate surface area is 315 Å². The summed E-state index contributed by atoms with van der Waals surface area (Å²) in [4.78, 5) is 56.4. The van der Waals surface area contributed by atoms with E-state index in [0.717, 1.165) is 35.2 Å². The fraction of sp³-hybridized carbons (Fsp3) is 0.294. The molecule has 0 atom stereocenters. The van der Waals surface area contributed by atoms with Crippen LogP contribution >= 0.6 is 11.6 Å². The molecule has 1 fully saturated rings. The number of nitrogens with one attached hydrogen (secondary N) is 1. The molecule has 2 aromatic carbocycles. The number of hydrogen-bond acceptors (Lipinski definition) is 10. The van der Waals surface area contributed by atoms with E-state index in [9.17, 15) is 41.4 Å². The number of aromatic hydroxyl groups is 1. The monoisotopic (exact) mass is 803 g/mol. The van der Waals surface area contributed by atoms with Crippen molar-refractivity contribution in [1.82, 2.24) is 43.8 Å². The van der Waals surface area contributed by atoms with Crippen molar-refractivity contribution in [2.24, 2.45) is 0 Å². The number of alkyl halides is 5. The maximum absolute atomic E-state index is 15.5. The van der Waals surface area contributed by atoms with Crippen molar-refractivity contribution in [1.29, 1.82) is 0 Å². The average molecular weight is 804 g/mol. The Kier molecular flexibility index (Phi) is 9.81. The highest BCUT2D eigenvalue weighted by atomic mass is 35.5. The predicted molar refractivity (Wildman–Crippen MR) is 188 cm³/mol. The molecule has 0 saturated carbocycles. The lowest BCUT2D eigenvalue weighted by Crippen LogP contribution is -2.51. The first-order chi connectivity index (χ1) is 26.5. The number of aryl methyl sites for hydroxylation is 1. The second-order valence-electron chi connectivity index (χ2n) is 12.6. The molecule has 5 heterocycles. The van der Waals surface area contributed by atoms with Crippen LogP contribution in [0.15, 0.2) is 47.7 Å². The number of benzene rings is 2. The number of carbonyl (C=O) groups excluding carboxylic acids is 2. The van der Waals surface area contributed by atoms with Gasteiger partial charge in [-0.25, -0.2) is 19.0 Å². The van der Waals surface area contributed by atoms with E-state index < -0.39 is 53.0 Å². The molecule has 0 radical (unpaired) electrons. The third kappa shape index (κ3) is 6.93. The number of nitrogens with zero attached hydrogens (tertiary/aromatic N) is 10. The van der Waals surface area contributed by atoms with Crippen LogP contribution in [-0.4, -0.2) is 86.9 Å². The van der Waals surface area contributed by atoms with Crippen LogP contribution in [0.1, 0.15) is 40.9 Å². The average Bonchev–Trinajstić information content (AvgIpc) is 3.79. The van der Waals surface area contributed by atoms with E-state index in [1.807, 2.05) is 0 Å². The molecule has 0 bridgehead atoms. The minimum absolute atomic E-state index is 0.0683. The van der Waals surface area contributed by atoms with Gasteiger partial charge in [-0.15, -0.1) is 5.10 Å². The summed E-state index contributed by atoms with van der Waals surface area (Å²) in [6, 6.07) is 4.49. The molecule has 0 unspecified atom stereocenters. The number of halogens is 7. The van der Waals surface area contributed by atoms with Crippen LogP contribution in [0.5, 0.6) is 5.75 Å². The zero-order chi connectivity index (χ0) is 40.2. The van der Waals surface area contributed by atoms with Gasteiger partial charge >= 0.3 is 12.7 Å². The number of piperazine rings is 1. The highest BCUT2D eigenvalue weighted by Gasteiger charge is 2.33. The molecule has 1 aliphatic heterocycles. The van der Waals surface area contributed by atoms with E-state index in [1.165, 1.54) is 22.5 Å². The molecule has 6 aromatic rings. The van der Waals surface area contributed by atoms with Crippen molar-refractivity contribution < 1.29 is 41.0 Å². The Morgan fingerprint density at radius 2 is 1.79 bits per heavy atom. The number of anilines is 2. The molecule has 22 heteroatoms. The van der Waals surface area contributed by atoms with E-state index in [0.29, 0.717) is 10.7 Å². The summed E-state index contributed by atoms with van der Waals surface area (Å²) in [6.45, 7) is -0.0191. The fourth-order valence-electron chi connectivity index (χ4n) is 6.41. The third-order valence-corrected chi connectivity index (χ3v) is 9.49.